The maximum Gasteiger partial charge on any atom is 0.284 e. The van der Waals surface area contributed by atoms with Gasteiger partial charge in [0.25, 0.3) is 11.1 Å². The van der Waals surface area contributed by atoms with Gasteiger partial charge in [-0.05, 0) is 43.7 Å². The van der Waals surface area contributed by atoms with E-state index in [1.165, 1.54) is 18.4 Å². The minimum atomic E-state index is -0.437. The van der Waals surface area contributed by atoms with Crippen LogP contribution in [0, 0.1) is 5.82 Å². The van der Waals surface area contributed by atoms with Crippen molar-refractivity contribution in [1.29, 1.82) is 0 Å². The van der Waals surface area contributed by atoms with Gasteiger partial charge in [0.15, 0.2) is 5.76 Å². The predicted octanol–water partition coefficient (Wildman–Crippen LogP) is 3.83. The summed E-state index contributed by atoms with van der Waals surface area (Å²) in [6, 6.07) is 9.21. The van der Waals surface area contributed by atoms with Crippen LogP contribution in [0.25, 0.3) is 11.7 Å². The molecular formula is C17H16FN3O3S. The fourth-order valence-electron chi connectivity index (χ4n) is 2.13. The Morgan fingerprint density at radius 1 is 1.20 bits per heavy atom. The summed E-state index contributed by atoms with van der Waals surface area (Å²) in [5.41, 5.74) is 0.824. The number of amides is 1. The number of carbonyl (C=O) groups is 1. The van der Waals surface area contributed by atoms with E-state index in [9.17, 15) is 9.18 Å². The van der Waals surface area contributed by atoms with Crippen molar-refractivity contribution in [1.82, 2.24) is 15.5 Å². The highest BCUT2D eigenvalue weighted by Gasteiger charge is 2.21. The fourth-order valence-corrected chi connectivity index (χ4v) is 2.82. The highest BCUT2D eigenvalue weighted by molar-refractivity contribution is 8.00. The minimum absolute atomic E-state index is 0.181. The van der Waals surface area contributed by atoms with Crippen molar-refractivity contribution in [3.05, 3.63) is 54.0 Å². The Hall–Kier alpha value is -2.61. The van der Waals surface area contributed by atoms with Gasteiger partial charge in [0.1, 0.15) is 5.82 Å². The highest BCUT2D eigenvalue weighted by atomic mass is 32.2. The smallest absolute Gasteiger partial charge is 0.284 e. The van der Waals surface area contributed by atoms with Crippen LogP contribution in [-0.2, 0) is 4.79 Å². The van der Waals surface area contributed by atoms with Crippen LogP contribution in [-0.4, -0.2) is 21.4 Å². The van der Waals surface area contributed by atoms with Gasteiger partial charge in [0.05, 0.1) is 17.6 Å². The summed E-state index contributed by atoms with van der Waals surface area (Å²) in [5, 5.41) is 10.5. The summed E-state index contributed by atoms with van der Waals surface area (Å²) in [4.78, 5) is 12.3. The van der Waals surface area contributed by atoms with Gasteiger partial charge in [-0.3, -0.25) is 4.79 Å². The second kappa shape index (κ2) is 7.52. The summed E-state index contributed by atoms with van der Waals surface area (Å²) in [6.45, 7) is 3.58. The Kier molecular flexibility index (Phi) is 5.18. The Morgan fingerprint density at radius 2 is 1.96 bits per heavy atom. The van der Waals surface area contributed by atoms with E-state index in [0.717, 1.165) is 17.3 Å². The lowest BCUT2D eigenvalue weighted by atomic mass is 10.1. The number of thioether (sulfide) groups is 1. The fraction of sp³-hybridized carbons (Fsp3) is 0.235. The first kappa shape index (κ1) is 17.2. The van der Waals surface area contributed by atoms with E-state index in [4.69, 9.17) is 8.83 Å². The highest BCUT2D eigenvalue weighted by Crippen LogP contribution is 2.26. The summed E-state index contributed by atoms with van der Waals surface area (Å²) in [6.07, 6.45) is 1.51. The van der Waals surface area contributed by atoms with Crippen LogP contribution in [0.5, 0.6) is 0 Å². The first-order chi connectivity index (χ1) is 12.0. The largest absolute Gasteiger partial charge is 0.459 e. The van der Waals surface area contributed by atoms with Crippen molar-refractivity contribution in [2.24, 2.45) is 0 Å². The number of furan rings is 1. The molecule has 0 aliphatic rings. The first-order valence-electron chi connectivity index (χ1n) is 7.63. The summed E-state index contributed by atoms with van der Waals surface area (Å²) >= 11 is 1.16. The predicted molar refractivity (Wildman–Crippen MR) is 90.3 cm³/mol. The molecule has 2 aromatic heterocycles. The number of hydrogen-bond acceptors (Lipinski definition) is 6. The topological polar surface area (TPSA) is 81.2 Å². The molecule has 0 bridgehead atoms. The van der Waals surface area contributed by atoms with E-state index >= 15 is 0 Å². The van der Waals surface area contributed by atoms with Crippen molar-refractivity contribution < 1.29 is 18.0 Å². The maximum atomic E-state index is 13.0. The van der Waals surface area contributed by atoms with Crippen molar-refractivity contribution >= 4 is 17.7 Å². The van der Waals surface area contributed by atoms with Gasteiger partial charge < -0.3 is 14.2 Å². The molecule has 1 amide bonds. The van der Waals surface area contributed by atoms with Crippen molar-refractivity contribution in [2.45, 2.75) is 30.4 Å². The number of hydrogen-bond donors (Lipinski definition) is 1. The van der Waals surface area contributed by atoms with E-state index in [2.05, 4.69) is 15.5 Å². The number of carbonyl (C=O) groups excluding carboxylic acids is 1. The van der Waals surface area contributed by atoms with E-state index < -0.39 is 5.25 Å². The van der Waals surface area contributed by atoms with Crippen LogP contribution < -0.4 is 5.32 Å². The third-order valence-electron chi connectivity index (χ3n) is 3.51. The van der Waals surface area contributed by atoms with E-state index in [1.807, 2.05) is 6.92 Å². The van der Waals surface area contributed by atoms with Gasteiger partial charge in [-0.15, -0.1) is 10.2 Å². The molecule has 2 unspecified atom stereocenters. The van der Waals surface area contributed by atoms with Crippen molar-refractivity contribution in [3.8, 4) is 11.7 Å². The molecule has 6 nitrogen and oxygen atoms in total. The molecule has 2 atom stereocenters. The molecule has 0 aliphatic heterocycles. The molecule has 3 rings (SSSR count). The van der Waals surface area contributed by atoms with Crippen LogP contribution >= 0.6 is 11.8 Å². The van der Waals surface area contributed by atoms with Gasteiger partial charge >= 0.3 is 0 Å². The lowest BCUT2D eigenvalue weighted by Crippen LogP contribution is -2.33. The number of halogens is 1. The molecule has 0 saturated heterocycles. The van der Waals surface area contributed by atoms with E-state index in [1.54, 1.807) is 31.2 Å². The molecule has 1 N–H and O–H groups in total. The molecule has 130 valence electrons. The average Bonchev–Trinajstić information content (AvgIpc) is 3.26. The third-order valence-corrected chi connectivity index (χ3v) is 4.45. The van der Waals surface area contributed by atoms with Crippen molar-refractivity contribution in [2.75, 3.05) is 0 Å². The first-order valence-corrected chi connectivity index (χ1v) is 8.51. The summed E-state index contributed by atoms with van der Waals surface area (Å²) < 4.78 is 23.6. The molecular weight excluding hydrogens is 345 g/mol. The van der Waals surface area contributed by atoms with Crippen LogP contribution in [0.15, 0.2) is 56.7 Å². The Balaban J connectivity index is 1.58. The lowest BCUT2D eigenvalue weighted by Gasteiger charge is -2.16. The summed E-state index contributed by atoms with van der Waals surface area (Å²) in [7, 11) is 0. The quantitative estimate of drug-likeness (QED) is 0.672. The van der Waals surface area contributed by atoms with Gasteiger partial charge in [-0.2, -0.15) is 0 Å². The molecule has 0 spiro atoms. The van der Waals surface area contributed by atoms with Crippen LogP contribution in [0.3, 0.4) is 0 Å². The Bertz CT molecular complexity index is 833. The average molecular weight is 361 g/mol. The number of rotatable bonds is 6. The number of nitrogens with zero attached hydrogens (tertiary/aromatic N) is 2. The number of aromatic nitrogens is 2. The number of nitrogens with one attached hydrogen (secondary N) is 1. The van der Waals surface area contributed by atoms with Gasteiger partial charge in [0, 0.05) is 0 Å². The van der Waals surface area contributed by atoms with E-state index in [-0.39, 0.29) is 28.9 Å². The lowest BCUT2D eigenvalue weighted by molar-refractivity contribution is -0.120. The molecule has 8 heteroatoms. The molecule has 25 heavy (non-hydrogen) atoms. The monoisotopic (exact) mass is 361 g/mol. The Morgan fingerprint density at radius 3 is 2.64 bits per heavy atom. The zero-order valence-corrected chi connectivity index (χ0v) is 14.4. The molecule has 3 aromatic rings. The Labute approximate surface area is 147 Å². The van der Waals surface area contributed by atoms with Crippen LogP contribution in [0.1, 0.15) is 25.5 Å². The molecule has 0 aliphatic carbocycles. The van der Waals surface area contributed by atoms with Gasteiger partial charge in [-0.25, -0.2) is 4.39 Å². The second-order valence-corrected chi connectivity index (χ2v) is 6.68. The number of benzene rings is 1. The van der Waals surface area contributed by atoms with Crippen LogP contribution in [0.2, 0.25) is 0 Å². The normalized spacial score (nSPS) is 13.4. The molecule has 0 saturated carbocycles. The molecule has 0 fully saturated rings. The van der Waals surface area contributed by atoms with E-state index in [0.29, 0.717) is 5.76 Å². The molecule has 0 radical (unpaired) electrons. The van der Waals surface area contributed by atoms with Gasteiger partial charge in [0.2, 0.25) is 5.91 Å². The maximum absolute atomic E-state index is 13.0. The molecule has 1 aromatic carbocycles. The summed E-state index contributed by atoms with van der Waals surface area (Å²) in [5.74, 6) is 0.246. The molecule has 2 heterocycles. The zero-order valence-electron chi connectivity index (χ0n) is 13.6. The van der Waals surface area contributed by atoms with Crippen molar-refractivity contribution in [3.63, 3.8) is 0 Å². The SMILES string of the molecule is CC(Sc1nnc(-c2ccco2)o1)C(=O)NC(C)c1ccc(F)cc1. The standard InChI is InChI=1S/C17H16FN3O3S/c1-10(12-5-7-13(18)8-6-12)19-15(22)11(2)25-17-21-20-16(24-17)14-4-3-9-23-14/h3-11H,1-2H3,(H,19,22). The van der Waals surface area contributed by atoms with Crippen LogP contribution in [0.4, 0.5) is 4.39 Å². The van der Waals surface area contributed by atoms with Gasteiger partial charge in [-0.1, -0.05) is 23.9 Å². The third kappa shape index (κ3) is 4.27. The second-order valence-electron chi connectivity index (χ2n) is 5.39. The minimum Gasteiger partial charge on any atom is -0.459 e. The zero-order chi connectivity index (χ0) is 17.8.